The van der Waals surface area contributed by atoms with E-state index in [1.165, 1.54) is 0 Å². The highest BCUT2D eigenvalue weighted by Gasteiger charge is 2.24. The number of hydrazone groups is 1. The molecular formula is C36H33N3O. The van der Waals surface area contributed by atoms with Gasteiger partial charge in [-0.05, 0) is 65.6 Å². The van der Waals surface area contributed by atoms with Crippen molar-refractivity contribution in [1.82, 2.24) is 5.43 Å². The minimum Gasteiger partial charge on any atom is -0.456 e. The highest BCUT2D eigenvalue weighted by Crippen LogP contribution is 2.39. The molecule has 0 aliphatic rings. The van der Waals surface area contributed by atoms with Crippen LogP contribution in [0.25, 0.3) is 39.5 Å². The van der Waals surface area contributed by atoms with Crippen molar-refractivity contribution in [2.75, 3.05) is 0 Å². The number of allylic oxidation sites excluding steroid dienone is 4. The molecule has 0 radical (unpaired) electrons. The predicted octanol–water partition coefficient (Wildman–Crippen LogP) is 8.87. The summed E-state index contributed by atoms with van der Waals surface area (Å²) in [5.74, 6) is 1.13. The zero-order valence-corrected chi connectivity index (χ0v) is 22.8. The summed E-state index contributed by atoms with van der Waals surface area (Å²) in [7, 11) is 0. The fraction of sp³-hybridized carbons (Fsp3) is 0.0833. The van der Waals surface area contributed by atoms with E-state index in [0.29, 0.717) is 11.6 Å². The van der Waals surface area contributed by atoms with Crippen molar-refractivity contribution in [2.24, 2.45) is 10.8 Å². The summed E-state index contributed by atoms with van der Waals surface area (Å²) in [6.45, 7) is 8.08. The van der Waals surface area contributed by atoms with Crippen LogP contribution in [0.2, 0.25) is 0 Å². The summed E-state index contributed by atoms with van der Waals surface area (Å²) in [5, 5.41) is 7.98. The minimum absolute atomic E-state index is 0.285. The van der Waals surface area contributed by atoms with E-state index in [4.69, 9.17) is 10.2 Å². The molecule has 0 aliphatic heterocycles. The molecule has 1 heterocycles. The summed E-state index contributed by atoms with van der Waals surface area (Å²) in [6, 6.07) is 30.5. The highest BCUT2D eigenvalue weighted by molar-refractivity contribution is 6.01. The second kappa shape index (κ2) is 12.2. The number of hydrogen-bond acceptors (Lipinski definition) is 3. The maximum absolute atomic E-state index is 6.52. The van der Waals surface area contributed by atoms with E-state index >= 15 is 0 Å². The fourth-order valence-electron chi connectivity index (χ4n) is 4.93. The Bertz CT molecular complexity index is 1770. The summed E-state index contributed by atoms with van der Waals surface area (Å²) in [5.41, 5.74) is 15.7. The third kappa shape index (κ3) is 5.52. The monoisotopic (exact) mass is 523 g/mol. The average Bonchev–Trinajstić information content (AvgIpc) is 3.37. The van der Waals surface area contributed by atoms with E-state index in [2.05, 4.69) is 77.8 Å². The van der Waals surface area contributed by atoms with Crippen LogP contribution in [0.4, 0.5) is 0 Å². The smallest absolute Gasteiger partial charge is 0.150 e. The molecule has 0 fully saturated rings. The van der Waals surface area contributed by atoms with E-state index in [1.807, 2.05) is 74.5 Å². The van der Waals surface area contributed by atoms with Gasteiger partial charge in [0.05, 0.1) is 6.04 Å². The lowest BCUT2D eigenvalue weighted by Crippen LogP contribution is -2.23. The lowest BCUT2D eigenvalue weighted by molar-refractivity contribution is 0.600. The molecule has 3 N–H and O–H groups in total. The molecule has 0 amide bonds. The van der Waals surface area contributed by atoms with Gasteiger partial charge in [-0.1, -0.05) is 110 Å². The van der Waals surface area contributed by atoms with Crippen molar-refractivity contribution in [3.63, 3.8) is 0 Å². The van der Waals surface area contributed by atoms with Gasteiger partial charge in [0.25, 0.3) is 0 Å². The third-order valence-corrected chi connectivity index (χ3v) is 6.92. The van der Waals surface area contributed by atoms with Crippen molar-refractivity contribution >= 4 is 45.3 Å². The van der Waals surface area contributed by atoms with Crippen LogP contribution in [0.3, 0.4) is 0 Å². The maximum atomic E-state index is 6.52. The van der Waals surface area contributed by atoms with Crippen LogP contribution in [0.5, 0.6) is 0 Å². The lowest BCUT2D eigenvalue weighted by Gasteiger charge is -2.21. The average molecular weight is 524 g/mol. The third-order valence-electron chi connectivity index (χ3n) is 6.92. The quantitative estimate of drug-likeness (QED) is 0.0877. The normalized spacial score (nSPS) is 13.4. The molecule has 4 heteroatoms. The Morgan fingerprint density at radius 1 is 0.900 bits per heavy atom. The van der Waals surface area contributed by atoms with Gasteiger partial charge in [0.2, 0.25) is 0 Å². The van der Waals surface area contributed by atoms with Crippen LogP contribution >= 0.6 is 0 Å². The Kier molecular flexibility index (Phi) is 8.07. The predicted molar refractivity (Wildman–Crippen MR) is 171 cm³/mol. The van der Waals surface area contributed by atoms with E-state index < -0.39 is 0 Å². The molecule has 0 saturated carbocycles. The summed E-state index contributed by atoms with van der Waals surface area (Å²) < 4.78 is 6.25. The van der Waals surface area contributed by atoms with Gasteiger partial charge in [-0.2, -0.15) is 5.10 Å². The molecule has 198 valence electrons. The van der Waals surface area contributed by atoms with Crippen molar-refractivity contribution in [1.29, 1.82) is 0 Å². The Balaban J connectivity index is 1.58. The Hall–Kier alpha value is -5.09. The zero-order valence-electron chi connectivity index (χ0n) is 22.8. The van der Waals surface area contributed by atoms with Crippen LogP contribution in [-0.4, -0.2) is 5.84 Å². The number of hydrogen-bond donors (Lipinski definition) is 2. The van der Waals surface area contributed by atoms with Crippen molar-refractivity contribution in [2.45, 2.75) is 19.9 Å². The van der Waals surface area contributed by atoms with Crippen LogP contribution in [0.15, 0.2) is 131 Å². The molecule has 40 heavy (non-hydrogen) atoms. The van der Waals surface area contributed by atoms with Crippen molar-refractivity contribution < 1.29 is 4.42 Å². The maximum Gasteiger partial charge on any atom is 0.150 e. The molecule has 1 atom stereocenters. The highest BCUT2D eigenvalue weighted by atomic mass is 16.3. The first-order valence-electron chi connectivity index (χ1n) is 13.4. The van der Waals surface area contributed by atoms with Crippen LogP contribution < -0.4 is 11.2 Å². The lowest BCUT2D eigenvalue weighted by atomic mass is 9.90. The summed E-state index contributed by atoms with van der Waals surface area (Å²) in [6.07, 6.45) is 12.0. The van der Waals surface area contributed by atoms with E-state index in [1.54, 1.807) is 6.08 Å². The Labute approximate surface area is 235 Å². The molecule has 0 saturated heterocycles. The van der Waals surface area contributed by atoms with Crippen LogP contribution in [-0.2, 0) is 0 Å². The van der Waals surface area contributed by atoms with Gasteiger partial charge < -0.3 is 10.2 Å². The fourth-order valence-corrected chi connectivity index (χ4v) is 4.93. The summed E-state index contributed by atoms with van der Waals surface area (Å²) >= 11 is 0. The molecule has 1 aromatic heterocycles. The number of nitrogens with one attached hydrogen (secondary N) is 1. The molecule has 5 rings (SSSR count). The largest absolute Gasteiger partial charge is 0.456 e. The molecule has 0 bridgehead atoms. The SMILES string of the molecule is C=Cc1oc2ccc(/C=C\C=C/C)cc2c1/C(=C\C)C(NN=C(N)c1ccc2ccccc2c1)c1ccccc1. The first kappa shape index (κ1) is 26.5. The number of nitrogens with zero attached hydrogens (tertiary/aromatic N) is 1. The van der Waals surface area contributed by atoms with Crippen molar-refractivity contribution in [3.05, 3.63) is 150 Å². The van der Waals surface area contributed by atoms with Gasteiger partial charge in [0.15, 0.2) is 5.84 Å². The first-order chi connectivity index (χ1) is 19.6. The topological polar surface area (TPSA) is 63.5 Å². The number of furan rings is 1. The van der Waals surface area contributed by atoms with Crippen LogP contribution in [0.1, 0.15) is 47.9 Å². The van der Waals surface area contributed by atoms with Gasteiger partial charge in [0, 0.05) is 16.5 Å². The molecule has 0 aliphatic carbocycles. The number of benzene rings is 4. The number of nitrogens with two attached hydrogens (primary N) is 1. The van der Waals surface area contributed by atoms with Gasteiger partial charge >= 0.3 is 0 Å². The Morgan fingerprint density at radius 2 is 1.68 bits per heavy atom. The minimum atomic E-state index is -0.285. The van der Waals surface area contributed by atoms with E-state index in [-0.39, 0.29) is 6.04 Å². The molecule has 5 aromatic rings. The van der Waals surface area contributed by atoms with E-state index in [0.717, 1.165) is 49.6 Å². The zero-order chi connectivity index (χ0) is 27.9. The Morgan fingerprint density at radius 3 is 2.42 bits per heavy atom. The summed E-state index contributed by atoms with van der Waals surface area (Å²) in [4.78, 5) is 0. The first-order valence-corrected chi connectivity index (χ1v) is 13.4. The number of rotatable bonds is 9. The standard InChI is InChI=1S/C36H33N3O/c1-4-7-9-14-25-19-22-33-31(23-25)34(32(6-3)40-33)30(5-2)35(27-16-10-8-11-17-27)38-39-36(37)29-21-20-26-15-12-13-18-28(26)24-29/h4-24,35,38H,3H2,1-2H3,(H2,37,39)/b7-4-,14-9-,30-5+. The van der Waals surface area contributed by atoms with Gasteiger partial charge in [-0.15, -0.1) is 0 Å². The van der Waals surface area contributed by atoms with Crippen LogP contribution in [0, 0.1) is 0 Å². The van der Waals surface area contributed by atoms with Crippen molar-refractivity contribution in [3.8, 4) is 0 Å². The second-order valence-corrected chi connectivity index (χ2v) is 9.46. The van der Waals surface area contributed by atoms with Gasteiger partial charge in [-0.25, -0.2) is 0 Å². The molecule has 1 unspecified atom stereocenters. The van der Waals surface area contributed by atoms with Gasteiger partial charge in [0.1, 0.15) is 11.3 Å². The number of amidine groups is 1. The second-order valence-electron chi connectivity index (χ2n) is 9.46. The van der Waals surface area contributed by atoms with E-state index in [9.17, 15) is 0 Å². The molecular weight excluding hydrogens is 490 g/mol. The molecule has 4 aromatic carbocycles. The number of fused-ring (bicyclic) bond motifs is 2. The van der Waals surface area contributed by atoms with Gasteiger partial charge in [-0.3, -0.25) is 5.43 Å². The molecule has 4 nitrogen and oxygen atoms in total. The molecule has 0 spiro atoms.